The van der Waals surface area contributed by atoms with Gasteiger partial charge in [0.1, 0.15) is 11.5 Å². The number of ether oxygens (including phenoxy) is 2. The van der Waals surface area contributed by atoms with Crippen LogP contribution in [0.4, 0.5) is 0 Å². The molecule has 2 aromatic rings. The van der Waals surface area contributed by atoms with E-state index in [1.54, 1.807) is 36.5 Å². The molecule has 0 saturated carbocycles. The lowest BCUT2D eigenvalue weighted by atomic mass is 9.88. The number of aromatic nitrogens is 1. The molecule has 0 bridgehead atoms. The number of carbonyl (C=O) groups excluding carboxylic acids is 1. The average Bonchev–Trinajstić information content (AvgIpc) is 2.61. The SMILES string of the molecule is CC(C)C(C)(CN)NC(=O)COc1ccc(Oc2ccccn2)cc1.Cl.Cl. The maximum atomic E-state index is 12.1. The van der Waals surface area contributed by atoms with Crippen LogP contribution in [-0.2, 0) is 4.79 Å². The molecule has 0 saturated heterocycles. The second kappa shape index (κ2) is 11.6. The van der Waals surface area contributed by atoms with E-state index in [2.05, 4.69) is 10.3 Å². The molecule has 0 spiro atoms. The van der Waals surface area contributed by atoms with Crippen LogP contribution in [0, 0.1) is 5.92 Å². The molecule has 0 aliphatic heterocycles. The van der Waals surface area contributed by atoms with Crippen LogP contribution in [0.3, 0.4) is 0 Å². The maximum Gasteiger partial charge on any atom is 0.258 e. The van der Waals surface area contributed by atoms with Crippen molar-refractivity contribution in [2.75, 3.05) is 13.2 Å². The molecular weight excluding hydrogens is 389 g/mol. The largest absolute Gasteiger partial charge is 0.484 e. The number of benzene rings is 1. The summed E-state index contributed by atoms with van der Waals surface area (Å²) in [6.07, 6.45) is 1.66. The minimum Gasteiger partial charge on any atom is -0.484 e. The summed E-state index contributed by atoms with van der Waals surface area (Å²) in [6, 6.07) is 12.5. The van der Waals surface area contributed by atoms with E-state index in [0.29, 0.717) is 23.9 Å². The normalized spacial score (nSPS) is 12.2. The van der Waals surface area contributed by atoms with Gasteiger partial charge in [-0.15, -0.1) is 24.8 Å². The molecule has 150 valence electrons. The molecule has 0 aliphatic carbocycles. The third-order valence-electron chi connectivity index (χ3n) is 4.18. The highest BCUT2D eigenvalue weighted by Gasteiger charge is 2.28. The molecule has 0 fully saturated rings. The fraction of sp³-hybridized carbons (Fsp3) is 0.368. The Balaban J connectivity index is 0.00000338. The van der Waals surface area contributed by atoms with Gasteiger partial charge in [0, 0.05) is 18.8 Å². The number of amides is 1. The van der Waals surface area contributed by atoms with E-state index in [4.69, 9.17) is 15.2 Å². The molecule has 1 aromatic heterocycles. The molecule has 8 heteroatoms. The summed E-state index contributed by atoms with van der Waals surface area (Å²) >= 11 is 0. The van der Waals surface area contributed by atoms with Crippen molar-refractivity contribution in [1.82, 2.24) is 10.3 Å². The van der Waals surface area contributed by atoms with Crippen LogP contribution < -0.4 is 20.5 Å². The summed E-state index contributed by atoms with van der Waals surface area (Å²) in [4.78, 5) is 16.2. The number of pyridine rings is 1. The van der Waals surface area contributed by atoms with E-state index in [9.17, 15) is 4.79 Å². The number of nitrogens with one attached hydrogen (secondary N) is 1. The molecule has 0 aliphatic rings. The van der Waals surface area contributed by atoms with Crippen LogP contribution >= 0.6 is 24.8 Å². The van der Waals surface area contributed by atoms with E-state index >= 15 is 0 Å². The molecule has 6 nitrogen and oxygen atoms in total. The Hall–Kier alpha value is -2.02. The van der Waals surface area contributed by atoms with Gasteiger partial charge in [-0.3, -0.25) is 4.79 Å². The van der Waals surface area contributed by atoms with Crippen LogP contribution in [0.15, 0.2) is 48.7 Å². The van der Waals surface area contributed by atoms with Crippen LogP contribution in [0.2, 0.25) is 0 Å². The second-order valence-electron chi connectivity index (χ2n) is 6.35. The number of hydrogen-bond donors (Lipinski definition) is 2. The smallest absolute Gasteiger partial charge is 0.258 e. The van der Waals surface area contributed by atoms with Crippen molar-refractivity contribution in [3.05, 3.63) is 48.7 Å². The number of nitrogens with zero attached hydrogens (tertiary/aromatic N) is 1. The first-order chi connectivity index (χ1) is 11.9. The Kier molecular flexibility index (Phi) is 10.8. The van der Waals surface area contributed by atoms with E-state index in [1.165, 1.54) is 0 Å². The lowest BCUT2D eigenvalue weighted by Crippen LogP contribution is -2.56. The van der Waals surface area contributed by atoms with Gasteiger partial charge in [0.25, 0.3) is 5.91 Å². The van der Waals surface area contributed by atoms with Gasteiger partial charge in [0.15, 0.2) is 6.61 Å². The number of rotatable bonds is 8. The van der Waals surface area contributed by atoms with Gasteiger partial charge in [-0.05, 0) is 43.2 Å². The Labute approximate surface area is 172 Å². The molecule has 3 N–H and O–H groups in total. The zero-order valence-electron chi connectivity index (χ0n) is 15.7. The minimum absolute atomic E-state index is 0. The zero-order valence-corrected chi connectivity index (χ0v) is 17.3. The quantitative estimate of drug-likeness (QED) is 0.687. The van der Waals surface area contributed by atoms with E-state index in [1.807, 2.05) is 32.9 Å². The van der Waals surface area contributed by atoms with Gasteiger partial charge in [-0.1, -0.05) is 19.9 Å². The average molecular weight is 416 g/mol. The molecule has 27 heavy (non-hydrogen) atoms. The third-order valence-corrected chi connectivity index (χ3v) is 4.18. The molecule has 1 aromatic carbocycles. The molecule has 1 atom stereocenters. The summed E-state index contributed by atoms with van der Waals surface area (Å²) in [6.45, 7) is 6.28. The lowest BCUT2D eigenvalue weighted by molar-refractivity contribution is -0.125. The van der Waals surface area contributed by atoms with Crippen LogP contribution in [0.25, 0.3) is 0 Å². The van der Waals surface area contributed by atoms with Crippen molar-refractivity contribution in [3.63, 3.8) is 0 Å². The van der Waals surface area contributed by atoms with Crippen molar-refractivity contribution in [3.8, 4) is 17.4 Å². The van der Waals surface area contributed by atoms with Gasteiger partial charge in [-0.25, -0.2) is 4.98 Å². The molecular formula is C19H27Cl2N3O3. The third kappa shape index (κ3) is 7.62. The highest BCUT2D eigenvalue weighted by Crippen LogP contribution is 2.22. The van der Waals surface area contributed by atoms with Crippen molar-refractivity contribution in [2.45, 2.75) is 26.3 Å². The Morgan fingerprint density at radius 3 is 2.30 bits per heavy atom. The molecule has 1 amide bonds. The fourth-order valence-corrected chi connectivity index (χ4v) is 2.07. The van der Waals surface area contributed by atoms with Gasteiger partial charge in [0.2, 0.25) is 5.88 Å². The van der Waals surface area contributed by atoms with Gasteiger partial charge >= 0.3 is 0 Å². The van der Waals surface area contributed by atoms with E-state index in [-0.39, 0.29) is 43.2 Å². The molecule has 1 unspecified atom stereocenters. The number of carbonyl (C=O) groups is 1. The predicted octanol–water partition coefficient (Wildman–Crippen LogP) is 3.59. The van der Waals surface area contributed by atoms with Gasteiger partial charge < -0.3 is 20.5 Å². The monoisotopic (exact) mass is 415 g/mol. The standard InChI is InChI=1S/C19H25N3O3.2ClH/c1-14(2)19(3,13-20)22-17(23)12-24-15-7-9-16(10-8-15)25-18-6-4-5-11-21-18;;/h4-11,14H,12-13,20H2,1-3H3,(H,22,23);2*1H. The first kappa shape index (κ1) is 25.0. The maximum absolute atomic E-state index is 12.1. The topological polar surface area (TPSA) is 86.5 Å². The summed E-state index contributed by atoms with van der Waals surface area (Å²) < 4.78 is 11.1. The van der Waals surface area contributed by atoms with Crippen molar-refractivity contribution in [1.29, 1.82) is 0 Å². The Bertz CT molecular complexity index is 684. The van der Waals surface area contributed by atoms with Gasteiger partial charge in [-0.2, -0.15) is 0 Å². The van der Waals surface area contributed by atoms with E-state index in [0.717, 1.165) is 0 Å². The molecule has 0 radical (unpaired) electrons. The second-order valence-corrected chi connectivity index (χ2v) is 6.35. The lowest BCUT2D eigenvalue weighted by Gasteiger charge is -2.33. The van der Waals surface area contributed by atoms with Crippen molar-refractivity contribution < 1.29 is 14.3 Å². The summed E-state index contributed by atoms with van der Waals surface area (Å²) in [5.41, 5.74) is 5.33. The predicted molar refractivity (Wildman–Crippen MR) is 111 cm³/mol. The fourth-order valence-electron chi connectivity index (χ4n) is 2.07. The van der Waals surface area contributed by atoms with Crippen molar-refractivity contribution >= 4 is 30.7 Å². The minimum atomic E-state index is -0.444. The highest BCUT2D eigenvalue weighted by atomic mass is 35.5. The summed E-state index contributed by atoms with van der Waals surface area (Å²) in [5, 5.41) is 2.93. The number of halogens is 2. The number of nitrogens with two attached hydrogens (primary N) is 1. The number of hydrogen-bond acceptors (Lipinski definition) is 5. The summed E-state index contributed by atoms with van der Waals surface area (Å²) in [5.74, 6) is 1.78. The van der Waals surface area contributed by atoms with Crippen molar-refractivity contribution in [2.24, 2.45) is 11.7 Å². The van der Waals surface area contributed by atoms with Crippen LogP contribution in [0.1, 0.15) is 20.8 Å². The Morgan fingerprint density at radius 2 is 1.78 bits per heavy atom. The van der Waals surface area contributed by atoms with E-state index < -0.39 is 5.54 Å². The first-order valence-electron chi connectivity index (χ1n) is 8.26. The molecule has 1 heterocycles. The van der Waals surface area contributed by atoms with Gasteiger partial charge in [0.05, 0.1) is 5.54 Å². The Morgan fingerprint density at radius 1 is 1.15 bits per heavy atom. The van der Waals surface area contributed by atoms with Crippen LogP contribution in [0.5, 0.6) is 17.4 Å². The molecule has 2 rings (SSSR count). The highest BCUT2D eigenvalue weighted by molar-refractivity contribution is 5.85. The summed E-state index contributed by atoms with van der Waals surface area (Å²) in [7, 11) is 0. The zero-order chi connectivity index (χ0) is 18.3. The first-order valence-corrected chi connectivity index (χ1v) is 8.26. The van der Waals surface area contributed by atoms with Crippen LogP contribution in [-0.4, -0.2) is 29.6 Å².